The van der Waals surface area contributed by atoms with Crippen molar-refractivity contribution >= 4 is 45.9 Å². The fraction of sp³-hybridized carbons (Fsp3) is 0.300. The molecule has 1 aliphatic rings. The maximum absolute atomic E-state index is 10.0. The van der Waals surface area contributed by atoms with Crippen LogP contribution in [-0.2, 0) is 4.74 Å². The summed E-state index contributed by atoms with van der Waals surface area (Å²) in [6, 6.07) is 8.44. The standard InChI is InChI=1S/C20H19Cl2N5O3/c21-17-13(24-20-25-14-9-12(11-23)10-15(28)19(14)26-20)1-2-16(18(17)22)30-8-5-27-3-6-29-7-4-27/h1-2,9-10,28H,3-8H2,(H2,24,25,26). The van der Waals surface area contributed by atoms with Gasteiger partial charge in [-0.05, 0) is 18.2 Å². The first kappa shape index (κ1) is 20.6. The number of aromatic nitrogens is 2. The highest BCUT2D eigenvalue weighted by Crippen LogP contribution is 2.39. The SMILES string of the molecule is N#Cc1cc(O)c2nc(Nc3ccc(OCCN4CCOCC4)c(Cl)c3Cl)[nH]c2c1. The van der Waals surface area contributed by atoms with E-state index in [1.807, 2.05) is 6.07 Å². The fourth-order valence-electron chi connectivity index (χ4n) is 3.20. The lowest BCUT2D eigenvalue weighted by Gasteiger charge is -2.26. The number of morpholine rings is 1. The van der Waals surface area contributed by atoms with Crippen molar-refractivity contribution < 1.29 is 14.6 Å². The second-order valence-electron chi connectivity index (χ2n) is 6.76. The average Bonchev–Trinajstić information content (AvgIpc) is 3.17. The van der Waals surface area contributed by atoms with Crippen LogP contribution in [0.5, 0.6) is 11.5 Å². The number of aromatic hydroxyl groups is 1. The van der Waals surface area contributed by atoms with Crippen LogP contribution in [0.2, 0.25) is 10.0 Å². The molecule has 1 fully saturated rings. The van der Waals surface area contributed by atoms with Gasteiger partial charge in [0.2, 0.25) is 5.95 Å². The van der Waals surface area contributed by atoms with E-state index in [4.69, 9.17) is 37.9 Å². The van der Waals surface area contributed by atoms with E-state index >= 15 is 0 Å². The number of fused-ring (bicyclic) bond motifs is 1. The van der Waals surface area contributed by atoms with E-state index in [0.29, 0.717) is 50.6 Å². The summed E-state index contributed by atoms with van der Waals surface area (Å²) in [4.78, 5) is 9.58. The molecule has 3 aromatic rings. The number of hydrogen-bond acceptors (Lipinski definition) is 7. The van der Waals surface area contributed by atoms with E-state index in [2.05, 4.69) is 20.2 Å². The first-order chi connectivity index (χ1) is 14.5. The van der Waals surface area contributed by atoms with E-state index in [0.717, 1.165) is 32.8 Å². The molecule has 0 unspecified atom stereocenters. The molecule has 0 bridgehead atoms. The molecule has 3 N–H and O–H groups in total. The minimum Gasteiger partial charge on any atom is -0.506 e. The van der Waals surface area contributed by atoms with Crippen molar-refractivity contribution in [1.29, 1.82) is 5.26 Å². The quantitative estimate of drug-likeness (QED) is 0.525. The van der Waals surface area contributed by atoms with Crippen molar-refractivity contribution in [2.75, 3.05) is 44.8 Å². The Kier molecular flexibility index (Phi) is 6.16. The number of phenolic OH excluding ortho intramolecular Hbond substituents is 1. The van der Waals surface area contributed by atoms with Crippen molar-refractivity contribution in [2.45, 2.75) is 0 Å². The summed E-state index contributed by atoms with van der Waals surface area (Å²) >= 11 is 12.8. The largest absolute Gasteiger partial charge is 0.506 e. The van der Waals surface area contributed by atoms with Crippen LogP contribution in [0, 0.1) is 11.3 Å². The molecule has 10 heteroatoms. The molecule has 8 nitrogen and oxygen atoms in total. The summed E-state index contributed by atoms with van der Waals surface area (Å²) in [7, 11) is 0. The third-order valence-electron chi connectivity index (χ3n) is 4.76. The Balaban J connectivity index is 1.46. The number of halogens is 2. The highest BCUT2D eigenvalue weighted by Gasteiger charge is 2.15. The molecule has 0 saturated carbocycles. The Morgan fingerprint density at radius 2 is 2.07 bits per heavy atom. The van der Waals surface area contributed by atoms with E-state index in [1.54, 1.807) is 18.2 Å². The van der Waals surface area contributed by atoms with Gasteiger partial charge in [-0.15, -0.1) is 0 Å². The predicted octanol–water partition coefficient (Wildman–Crippen LogP) is 3.90. The van der Waals surface area contributed by atoms with Gasteiger partial charge in [-0.3, -0.25) is 4.90 Å². The minimum absolute atomic E-state index is 0.0819. The number of phenols is 1. The summed E-state index contributed by atoms with van der Waals surface area (Å²) < 4.78 is 11.1. The zero-order chi connectivity index (χ0) is 21.1. The van der Waals surface area contributed by atoms with Crippen molar-refractivity contribution in [2.24, 2.45) is 0 Å². The number of benzene rings is 2. The van der Waals surface area contributed by atoms with Gasteiger partial charge in [0, 0.05) is 25.7 Å². The molecule has 1 saturated heterocycles. The number of imidazole rings is 1. The highest BCUT2D eigenvalue weighted by molar-refractivity contribution is 6.44. The van der Waals surface area contributed by atoms with E-state index < -0.39 is 0 Å². The number of rotatable bonds is 6. The smallest absolute Gasteiger partial charge is 0.205 e. The number of hydrogen-bond donors (Lipinski definition) is 3. The van der Waals surface area contributed by atoms with Gasteiger partial charge >= 0.3 is 0 Å². The van der Waals surface area contributed by atoms with Gasteiger partial charge < -0.3 is 24.9 Å². The molecule has 156 valence electrons. The summed E-state index contributed by atoms with van der Waals surface area (Å²) in [6.07, 6.45) is 0. The lowest BCUT2D eigenvalue weighted by Crippen LogP contribution is -2.38. The van der Waals surface area contributed by atoms with Gasteiger partial charge in [-0.2, -0.15) is 5.26 Å². The number of ether oxygens (including phenoxy) is 2. The maximum Gasteiger partial charge on any atom is 0.205 e. The van der Waals surface area contributed by atoms with Crippen LogP contribution in [0.15, 0.2) is 24.3 Å². The first-order valence-corrected chi connectivity index (χ1v) is 10.1. The normalized spacial score (nSPS) is 14.6. The van der Waals surface area contributed by atoms with Crippen LogP contribution < -0.4 is 10.1 Å². The first-order valence-electron chi connectivity index (χ1n) is 9.36. The zero-order valence-electron chi connectivity index (χ0n) is 15.9. The van der Waals surface area contributed by atoms with Crippen LogP contribution in [0.1, 0.15) is 5.56 Å². The van der Waals surface area contributed by atoms with Crippen molar-refractivity contribution in [3.8, 4) is 17.6 Å². The number of anilines is 2. The van der Waals surface area contributed by atoms with E-state index in [9.17, 15) is 5.11 Å². The van der Waals surface area contributed by atoms with Gasteiger partial charge in [-0.1, -0.05) is 23.2 Å². The molecule has 0 amide bonds. The fourth-order valence-corrected chi connectivity index (χ4v) is 3.62. The van der Waals surface area contributed by atoms with Gasteiger partial charge in [0.15, 0.2) is 0 Å². The second kappa shape index (κ2) is 8.98. The number of nitriles is 1. The zero-order valence-corrected chi connectivity index (χ0v) is 17.4. The van der Waals surface area contributed by atoms with Crippen LogP contribution in [-0.4, -0.2) is 59.4 Å². The number of nitrogens with zero attached hydrogens (tertiary/aromatic N) is 3. The molecular weight excluding hydrogens is 429 g/mol. The highest BCUT2D eigenvalue weighted by atomic mass is 35.5. The second-order valence-corrected chi connectivity index (χ2v) is 7.51. The third kappa shape index (κ3) is 4.40. The summed E-state index contributed by atoms with van der Waals surface area (Å²) in [5.74, 6) is 0.775. The summed E-state index contributed by atoms with van der Waals surface area (Å²) in [5.41, 5.74) is 1.73. The molecule has 0 atom stereocenters. The Bertz CT molecular complexity index is 1110. The number of nitrogens with one attached hydrogen (secondary N) is 2. The minimum atomic E-state index is -0.0819. The Morgan fingerprint density at radius 3 is 2.83 bits per heavy atom. The molecule has 0 aliphatic carbocycles. The monoisotopic (exact) mass is 447 g/mol. The lowest BCUT2D eigenvalue weighted by atomic mass is 10.2. The van der Waals surface area contributed by atoms with Gasteiger partial charge in [0.1, 0.15) is 28.6 Å². The van der Waals surface area contributed by atoms with Crippen LogP contribution in [0.4, 0.5) is 11.6 Å². The van der Waals surface area contributed by atoms with Gasteiger partial charge in [0.05, 0.1) is 41.1 Å². The Morgan fingerprint density at radius 1 is 1.27 bits per heavy atom. The van der Waals surface area contributed by atoms with Crippen molar-refractivity contribution in [1.82, 2.24) is 14.9 Å². The predicted molar refractivity (Wildman–Crippen MR) is 115 cm³/mol. The molecule has 1 aromatic heterocycles. The molecule has 0 spiro atoms. The summed E-state index contributed by atoms with van der Waals surface area (Å²) in [6.45, 7) is 4.54. The molecule has 4 rings (SSSR count). The van der Waals surface area contributed by atoms with Crippen LogP contribution in [0.25, 0.3) is 11.0 Å². The van der Waals surface area contributed by atoms with Crippen LogP contribution >= 0.6 is 23.2 Å². The third-order valence-corrected chi connectivity index (χ3v) is 5.63. The van der Waals surface area contributed by atoms with Gasteiger partial charge in [0.25, 0.3) is 0 Å². The average molecular weight is 448 g/mol. The molecule has 1 aliphatic heterocycles. The summed E-state index contributed by atoms with van der Waals surface area (Å²) in [5, 5.41) is 22.7. The molecule has 0 radical (unpaired) electrons. The topological polar surface area (TPSA) is 106 Å². The molecule has 30 heavy (non-hydrogen) atoms. The van der Waals surface area contributed by atoms with Crippen molar-refractivity contribution in [3.05, 3.63) is 39.9 Å². The Labute approximate surface area is 182 Å². The molecule has 2 aromatic carbocycles. The number of aromatic amines is 1. The van der Waals surface area contributed by atoms with E-state index in [-0.39, 0.29) is 5.75 Å². The number of H-pyrrole nitrogens is 1. The van der Waals surface area contributed by atoms with Crippen molar-refractivity contribution in [3.63, 3.8) is 0 Å². The maximum atomic E-state index is 10.0. The van der Waals surface area contributed by atoms with E-state index in [1.165, 1.54) is 6.07 Å². The molecular formula is C20H19Cl2N5O3. The van der Waals surface area contributed by atoms with Gasteiger partial charge in [-0.25, -0.2) is 4.98 Å². The van der Waals surface area contributed by atoms with Crippen LogP contribution in [0.3, 0.4) is 0 Å². The Hall–Kier alpha value is -2.70. The molecule has 2 heterocycles. The lowest BCUT2D eigenvalue weighted by molar-refractivity contribution is 0.0322.